The standard InChI is InChI=1S/C16H20FN5O2/c1-10(13-5-6-18-8-14(13)17)19-16(23)22-7-3-4-12(9-22)15-20-11(2)21-24-15/h5-6,8,10,12H,3-4,7,9H2,1-2H3,(H,19,23)/t10-,12+/m1/s1. The molecule has 8 heteroatoms. The zero-order chi connectivity index (χ0) is 17.1. The molecule has 2 atom stereocenters. The maximum Gasteiger partial charge on any atom is 0.317 e. The zero-order valence-corrected chi connectivity index (χ0v) is 13.7. The van der Waals surface area contributed by atoms with Gasteiger partial charge in [0.05, 0.1) is 18.2 Å². The number of likely N-dealkylation sites (tertiary alicyclic amines) is 1. The number of hydrogen-bond acceptors (Lipinski definition) is 5. The Morgan fingerprint density at radius 1 is 1.54 bits per heavy atom. The van der Waals surface area contributed by atoms with E-state index in [-0.39, 0.29) is 11.9 Å². The van der Waals surface area contributed by atoms with Crippen LogP contribution in [0.2, 0.25) is 0 Å². The van der Waals surface area contributed by atoms with Crippen LogP contribution in [-0.2, 0) is 0 Å². The van der Waals surface area contributed by atoms with Gasteiger partial charge in [0.2, 0.25) is 5.89 Å². The lowest BCUT2D eigenvalue weighted by Gasteiger charge is -2.32. The van der Waals surface area contributed by atoms with Gasteiger partial charge in [-0.05, 0) is 32.8 Å². The molecule has 2 amide bonds. The van der Waals surface area contributed by atoms with Crippen LogP contribution in [0.3, 0.4) is 0 Å². The van der Waals surface area contributed by atoms with Crippen LogP contribution in [0.25, 0.3) is 0 Å². The predicted octanol–water partition coefficient (Wildman–Crippen LogP) is 2.56. The van der Waals surface area contributed by atoms with E-state index in [0.29, 0.717) is 30.4 Å². The van der Waals surface area contributed by atoms with Crippen LogP contribution in [-0.4, -0.2) is 39.1 Å². The van der Waals surface area contributed by atoms with E-state index >= 15 is 0 Å². The second-order valence-corrected chi connectivity index (χ2v) is 6.03. The number of carbonyl (C=O) groups excluding carboxylic acids is 1. The Bertz CT molecular complexity index is 720. The van der Waals surface area contributed by atoms with E-state index < -0.39 is 11.9 Å². The van der Waals surface area contributed by atoms with Gasteiger partial charge in [0, 0.05) is 24.8 Å². The van der Waals surface area contributed by atoms with E-state index in [1.807, 2.05) is 0 Å². The summed E-state index contributed by atoms with van der Waals surface area (Å²) in [5.41, 5.74) is 0.416. The first-order chi connectivity index (χ1) is 11.5. The molecule has 1 aliphatic rings. The van der Waals surface area contributed by atoms with E-state index in [4.69, 9.17) is 4.52 Å². The van der Waals surface area contributed by atoms with Crippen molar-refractivity contribution in [2.24, 2.45) is 0 Å². The summed E-state index contributed by atoms with van der Waals surface area (Å²) in [5, 5.41) is 6.64. The smallest absolute Gasteiger partial charge is 0.317 e. The summed E-state index contributed by atoms with van der Waals surface area (Å²) in [6.07, 6.45) is 4.42. The minimum atomic E-state index is -0.438. The second kappa shape index (κ2) is 6.94. The van der Waals surface area contributed by atoms with Crippen molar-refractivity contribution in [1.82, 2.24) is 25.3 Å². The van der Waals surface area contributed by atoms with Crippen molar-refractivity contribution in [3.05, 3.63) is 41.6 Å². The van der Waals surface area contributed by atoms with Crippen molar-refractivity contribution >= 4 is 6.03 Å². The Labute approximate surface area is 139 Å². The van der Waals surface area contributed by atoms with E-state index in [0.717, 1.165) is 19.0 Å². The van der Waals surface area contributed by atoms with Crippen LogP contribution in [0.4, 0.5) is 9.18 Å². The van der Waals surface area contributed by atoms with Gasteiger partial charge in [0.15, 0.2) is 5.82 Å². The highest BCUT2D eigenvalue weighted by Gasteiger charge is 2.29. The maximum atomic E-state index is 13.8. The summed E-state index contributed by atoms with van der Waals surface area (Å²) in [4.78, 5) is 22.2. The molecule has 2 aromatic heterocycles. The number of carbonyl (C=O) groups is 1. The molecule has 1 N–H and O–H groups in total. The molecule has 0 aromatic carbocycles. The molecule has 1 saturated heterocycles. The number of aryl methyl sites for hydroxylation is 1. The highest BCUT2D eigenvalue weighted by atomic mass is 19.1. The number of rotatable bonds is 3. The van der Waals surface area contributed by atoms with Crippen LogP contribution in [0.15, 0.2) is 23.0 Å². The molecule has 3 heterocycles. The second-order valence-electron chi connectivity index (χ2n) is 6.03. The van der Waals surface area contributed by atoms with Crippen LogP contribution in [0.5, 0.6) is 0 Å². The number of hydrogen-bond donors (Lipinski definition) is 1. The third-order valence-electron chi connectivity index (χ3n) is 4.21. The van der Waals surface area contributed by atoms with E-state index in [1.54, 1.807) is 24.8 Å². The maximum absolute atomic E-state index is 13.8. The SMILES string of the molecule is Cc1noc([C@H]2CCCN(C(=O)N[C@H](C)c3ccncc3F)C2)n1. The van der Waals surface area contributed by atoms with Crippen LogP contribution >= 0.6 is 0 Å². The molecule has 24 heavy (non-hydrogen) atoms. The summed E-state index contributed by atoms with van der Waals surface area (Å²) in [5.74, 6) is 0.772. The largest absolute Gasteiger partial charge is 0.339 e. The van der Waals surface area contributed by atoms with Gasteiger partial charge in [-0.1, -0.05) is 5.16 Å². The summed E-state index contributed by atoms with van der Waals surface area (Å²) in [6, 6.07) is 0.909. The number of piperidine rings is 1. The minimum absolute atomic E-state index is 0.0404. The molecule has 0 spiro atoms. The van der Waals surface area contributed by atoms with Crippen molar-refractivity contribution in [2.75, 3.05) is 13.1 Å². The minimum Gasteiger partial charge on any atom is -0.339 e. The fraction of sp³-hybridized carbons (Fsp3) is 0.500. The fourth-order valence-corrected chi connectivity index (χ4v) is 2.93. The molecular formula is C16H20FN5O2. The molecule has 7 nitrogen and oxygen atoms in total. The molecule has 0 radical (unpaired) electrons. The van der Waals surface area contributed by atoms with Crippen LogP contribution < -0.4 is 5.32 Å². The molecule has 2 aromatic rings. The summed E-state index contributed by atoms with van der Waals surface area (Å²) in [7, 11) is 0. The van der Waals surface area contributed by atoms with E-state index in [1.165, 1.54) is 6.20 Å². The van der Waals surface area contributed by atoms with E-state index in [9.17, 15) is 9.18 Å². The summed E-state index contributed by atoms with van der Waals surface area (Å²) < 4.78 is 19.0. The number of halogens is 1. The molecule has 1 fully saturated rings. The van der Waals surface area contributed by atoms with Crippen LogP contribution in [0, 0.1) is 12.7 Å². The van der Waals surface area contributed by atoms with Gasteiger partial charge in [-0.2, -0.15) is 4.98 Å². The lowest BCUT2D eigenvalue weighted by molar-refractivity contribution is 0.169. The lowest BCUT2D eigenvalue weighted by atomic mass is 9.98. The average Bonchev–Trinajstić information content (AvgIpc) is 3.02. The zero-order valence-electron chi connectivity index (χ0n) is 13.7. The predicted molar refractivity (Wildman–Crippen MR) is 83.7 cm³/mol. The number of urea groups is 1. The Kier molecular flexibility index (Phi) is 4.73. The third kappa shape index (κ3) is 3.52. The summed E-state index contributed by atoms with van der Waals surface area (Å²) >= 11 is 0. The van der Waals surface area contributed by atoms with Gasteiger partial charge in [0.1, 0.15) is 5.82 Å². The molecule has 0 saturated carbocycles. The first kappa shape index (κ1) is 16.4. The van der Waals surface area contributed by atoms with Gasteiger partial charge in [0.25, 0.3) is 0 Å². The average molecular weight is 333 g/mol. The van der Waals surface area contributed by atoms with Gasteiger partial charge < -0.3 is 14.7 Å². The molecule has 0 bridgehead atoms. The topological polar surface area (TPSA) is 84.2 Å². The summed E-state index contributed by atoms with van der Waals surface area (Å²) in [6.45, 7) is 4.68. The fourth-order valence-electron chi connectivity index (χ4n) is 2.93. The molecule has 1 aliphatic heterocycles. The van der Waals surface area contributed by atoms with Crippen molar-refractivity contribution in [3.63, 3.8) is 0 Å². The van der Waals surface area contributed by atoms with Crippen molar-refractivity contribution < 1.29 is 13.7 Å². The highest BCUT2D eigenvalue weighted by Crippen LogP contribution is 2.26. The Morgan fingerprint density at radius 2 is 2.38 bits per heavy atom. The monoisotopic (exact) mass is 333 g/mol. The van der Waals surface area contributed by atoms with Gasteiger partial charge in [-0.25, -0.2) is 9.18 Å². The quantitative estimate of drug-likeness (QED) is 0.933. The van der Waals surface area contributed by atoms with Crippen molar-refractivity contribution in [2.45, 2.75) is 38.6 Å². The van der Waals surface area contributed by atoms with E-state index in [2.05, 4.69) is 20.4 Å². The number of amides is 2. The highest BCUT2D eigenvalue weighted by molar-refractivity contribution is 5.74. The van der Waals surface area contributed by atoms with Gasteiger partial charge in [-0.15, -0.1) is 0 Å². The first-order valence-electron chi connectivity index (χ1n) is 7.99. The lowest BCUT2D eigenvalue weighted by Crippen LogP contribution is -2.45. The molecule has 0 aliphatic carbocycles. The molecule has 0 unspecified atom stereocenters. The Morgan fingerprint density at radius 3 is 3.08 bits per heavy atom. The van der Waals surface area contributed by atoms with Gasteiger partial charge >= 0.3 is 6.03 Å². The number of nitrogens with one attached hydrogen (secondary N) is 1. The Hall–Kier alpha value is -2.51. The van der Waals surface area contributed by atoms with Crippen molar-refractivity contribution in [3.8, 4) is 0 Å². The first-order valence-corrected chi connectivity index (χ1v) is 7.99. The number of nitrogens with zero attached hydrogens (tertiary/aromatic N) is 4. The normalized spacial score (nSPS) is 19.1. The van der Waals surface area contributed by atoms with Crippen molar-refractivity contribution in [1.29, 1.82) is 0 Å². The third-order valence-corrected chi connectivity index (χ3v) is 4.21. The van der Waals surface area contributed by atoms with Crippen LogP contribution in [0.1, 0.15) is 49.0 Å². The number of aromatic nitrogens is 3. The molecular weight excluding hydrogens is 313 g/mol. The molecule has 128 valence electrons. The molecule has 3 rings (SSSR count). The number of pyridine rings is 1. The van der Waals surface area contributed by atoms with Gasteiger partial charge in [-0.3, -0.25) is 4.98 Å². The Balaban J connectivity index is 1.63.